The fraction of sp³-hybridized carbons (Fsp3) is 0.438. The Bertz CT molecular complexity index is 590. The van der Waals surface area contributed by atoms with E-state index >= 15 is 0 Å². The van der Waals surface area contributed by atoms with Crippen LogP contribution in [0.25, 0.3) is 0 Å². The quantitative estimate of drug-likeness (QED) is 0.780. The average molecular weight is 319 g/mol. The lowest BCUT2D eigenvalue weighted by molar-refractivity contribution is -0.142. The van der Waals surface area contributed by atoms with Gasteiger partial charge in [0.15, 0.2) is 0 Å². The first-order valence-electron chi connectivity index (χ1n) is 7.52. The van der Waals surface area contributed by atoms with Crippen LogP contribution in [0.2, 0.25) is 0 Å². The fourth-order valence-electron chi connectivity index (χ4n) is 2.69. The number of hydrogen-bond acceptors (Lipinski definition) is 3. The van der Waals surface area contributed by atoms with Gasteiger partial charge in [-0.2, -0.15) is 0 Å². The minimum Gasteiger partial charge on any atom is -0.481 e. The van der Waals surface area contributed by atoms with Crippen LogP contribution in [0.3, 0.4) is 0 Å². The van der Waals surface area contributed by atoms with Crippen molar-refractivity contribution in [3.63, 3.8) is 0 Å². The van der Waals surface area contributed by atoms with Crippen LogP contribution in [0.5, 0.6) is 0 Å². The van der Waals surface area contributed by atoms with Crippen molar-refractivity contribution in [2.75, 3.05) is 18.4 Å². The Morgan fingerprint density at radius 2 is 1.87 bits per heavy atom. The zero-order valence-electron chi connectivity index (χ0n) is 13.2. The smallest absolute Gasteiger partial charge is 0.319 e. The van der Waals surface area contributed by atoms with E-state index in [1.807, 2.05) is 13.0 Å². The summed E-state index contributed by atoms with van der Waals surface area (Å²) in [5, 5.41) is 14.3. The number of nitrogens with zero attached hydrogens (tertiary/aromatic N) is 1. The van der Waals surface area contributed by atoms with Crippen molar-refractivity contribution >= 4 is 23.6 Å². The third kappa shape index (κ3) is 4.21. The second-order valence-electron chi connectivity index (χ2n) is 5.85. The zero-order chi connectivity index (χ0) is 17.0. The summed E-state index contributed by atoms with van der Waals surface area (Å²) in [5.74, 6) is -1.81. The summed E-state index contributed by atoms with van der Waals surface area (Å²) in [6, 6.07) is 7.71. The standard InChI is InChI=1S/C16H21N3O4/c1-10-8-19(9-13(10)15(21)22)14(20)11(2)17-16(23)18-12-6-4-3-5-7-12/h3-7,10-11,13H,8-9H2,1-2H3,(H,21,22)(H2,17,18,23)/t10-,11?,13-/m1/s1. The van der Waals surface area contributed by atoms with Gasteiger partial charge in [0.2, 0.25) is 5.91 Å². The molecular formula is C16H21N3O4. The molecule has 1 aromatic rings. The van der Waals surface area contributed by atoms with Crippen LogP contribution in [0, 0.1) is 11.8 Å². The summed E-state index contributed by atoms with van der Waals surface area (Å²) < 4.78 is 0. The molecule has 2 rings (SSSR count). The highest BCUT2D eigenvalue weighted by atomic mass is 16.4. The van der Waals surface area contributed by atoms with Crippen molar-refractivity contribution in [2.45, 2.75) is 19.9 Å². The number of carbonyl (C=O) groups is 3. The molecule has 3 atom stereocenters. The predicted molar refractivity (Wildman–Crippen MR) is 84.9 cm³/mol. The molecule has 1 aromatic carbocycles. The maximum Gasteiger partial charge on any atom is 0.319 e. The fourth-order valence-corrected chi connectivity index (χ4v) is 2.69. The third-order valence-corrected chi connectivity index (χ3v) is 3.99. The van der Waals surface area contributed by atoms with Crippen LogP contribution in [0.1, 0.15) is 13.8 Å². The first-order valence-corrected chi connectivity index (χ1v) is 7.52. The highest BCUT2D eigenvalue weighted by Crippen LogP contribution is 2.23. The molecule has 3 amide bonds. The van der Waals surface area contributed by atoms with E-state index in [-0.39, 0.29) is 18.4 Å². The molecule has 1 saturated heterocycles. The molecule has 7 heteroatoms. The monoisotopic (exact) mass is 319 g/mol. The second kappa shape index (κ2) is 7.13. The Labute approximate surface area is 134 Å². The number of aliphatic carboxylic acids is 1. The highest BCUT2D eigenvalue weighted by molar-refractivity contribution is 5.93. The van der Waals surface area contributed by atoms with E-state index in [9.17, 15) is 14.4 Å². The third-order valence-electron chi connectivity index (χ3n) is 3.99. The molecular weight excluding hydrogens is 298 g/mol. The van der Waals surface area contributed by atoms with Crippen molar-refractivity contribution in [1.82, 2.24) is 10.2 Å². The molecule has 23 heavy (non-hydrogen) atoms. The Morgan fingerprint density at radius 3 is 2.43 bits per heavy atom. The van der Waals surface area contributed by atoms with Gasteiger partial charge >= 0.3 is 12.0 Å². The highest BCUT2D eigenvalue weighted by Gasteiger charge is 2.38. The van der Waals surface area contributed by atoms with Crippen LogP contribution < -0.4 is 10.6 Å². The molecule has 0 spiro atoms. The number of nitrogens with one attached hydrogen (secondary N) is 2. The number of likely N-dealkylation sites (tertiary alicyclic amines) is 1. The summed E-state index contributed by atoms with van der Waals surface area (Å²) >= 11 is 0. The first-order chi connectivity index (χ1) is 10.9. The van der Waals surface area contributed by atoms with Gasteiger partial charge < -0.3 is 20.6 Å². The Hall–Kier alpha value is -2.57. The van der Waals surface area contributed by atoms with Crippen LogP contribution in [-0.2, 0) is 9.59 Å². The lowest BCUT2D eigenvalue weighted by Gasteiger charge is -2.21. The average Bonchev–Trinajstić information content (AvgIpc) is 2.89. The normalized spacial score (nSPS) is 21.6. The number of hydrogen-bond donors (Lipinski definition) is 3. The van der Waals surface area contributed by atoms with E-state index in [1.165, 1.54) is 4.90 Å². The van der Waals surface area contributed by atoms with Crippen molar-refractivity contribution in [2.24, 2.45) is 11.8 Å². The summed E-state index contributed by atoms with van der Waals surface area (Å²) in [6.07, 6.45) is 0. The topological polar surface area (TPSA) is 98.7 Å². The molecule has 0 radical (unpaired) electrons. The van der Waals surface area contributed by atoms with Crippen molar-refractivity contribution in [3.05, 3.63) is 30.3 Å². The molecule has 1 unspecified atom stereocenters. The molecule has 0 saturated carbocycles. The maximum atomic E-state index is 12.3. The summed E-state index contributed by atoms with van der Waals surface area (Å²) in [6.45, 7) is 3.97. The molecule has 0 bridgehead atoms. The largest absolute Gasteiger partial charge is 0.481 e. The number of rotatable bonds is 4. The number of urea groups is 1. The Balaban J connectivity index is 1.88. The first kappa shape index (κ1) is 16.8. The van der Waals surface area contributed by atoms with E-state index in [0.717, 1.165) is 0 Å². The van der Waals surface area contributed by atoms with Gasteiger partial charge in [-0.15, -0.1) is 0 Å². The van der Waals surface area contributed by atoms with Crippen LogP contribution >= 0.6 is 0 Å². The molecule has 0 aliphatic carbocycles. The predicted octanol–water partition coefficient (Wildman–Crippen LogP) is 1.38. The van der Waals surface area contributed by atoms with E-state index < -0.39 is 24.0 Å². The zero-order valence-corrected chi connectivity index (χ0v) is 13.2. The minimum atomic E-state index is -0.893. The lowest BCUT2D eigenvalue weighted by Crippen LogP contribution is -2.47. The SMILES string of the molecule is CC(NC(=O)Nc1ccccc1)C(=O)N1C[C@@H](C)[C@H](C(=O)O)C1. The van der Waals surface area contributed by atoms with E-state index in [1.54, 1.807) is 31.2 Å². The number of carbonyl (C=O) groups excluding carboxylic acids is 2. The molecule has 3 N–H and O–H groups in total. The van der Waals surface area contributed by atoms with Crippen LogP contribution in [0.4, 0.5) is 10.5 Å². The van der Waals surface area contributed by atoms with Gasteiger partial charge in [-0.05, 0) is 25.0 Å². The second-order valence-corrected chi connectivity index (χ2v) is 5.85. The van der Waals surface area contributed by atoms with E-state index in [4.69, 9.17) is 5.11 Å². The van der Waals surface area contributed by atoms with Crippen LogP contribution in [-0.4, -0.2) is 47.0 Å². The summed E-state index contributed by atoms with van der Waals surface area (Å²) in [7, 11) is 0. The molecule has 7 nitrogen and oxygen atoms in total. The van der Waals surface area contributed by atoms with Gasteiger partial charge in [0.1, 0.15) is 6.04 Å². The molecule has 1 heterocycles. The summed E-state index contributed by atoms with van der Waals surface area (Å²) in [4.78, 5) is 36.8. The van der Waals surface area contributed by atoms with Crippen molar-refractivity contribution in [1.29, 1.82) is 0 Å². The molecule has 124 valence electrons. The number of anilines is 1. The lowest BCUT2D eigenvalue weighted by atomic mass is 9.99. The number of benzene rings is 1. The van der Waals surface area contributed by atoms with Crippen LogP contribution in [0.15, 0.2) is 30.3 Å². The Kier molecular flexibility index (Phi) is 5.20. The van der Waals surface area contributed by atoms with E-state index in [0.29, 0.717) is 12.2 Å². The molecule has 0 aromatic heterocycles. The van der Waals surface area contributed by atoms with Crippen molar-refractivity contribution < 1.29 is 19.5 Å². The number of para-hydroxylation sites is 1. The molecule has 1 fully saturated rings. The summed E-state index contributed by atoms with van der Waals surface area (Å²) in [5.41, 5.74) is 0.630. The van der Waals surface area contributed by atoms with Gasteiger partial charge in [-0.3, -0.25) is 9.59 Å². The van der Waals surface area contributed by atoms with Gasteiger partial charge in [0.25, 0.3) is 0 Å². The van der Waals surface area contributed by atoms with Gasteiger partial charge in [0.05, 0.1) is 5.92 Å². The minimum absolute atomic E-state index is 0.0956. The van der Waals surface area contributed by atoms with Gasteiger partial charge in [-0.25, -0.2) is 4.79 Å². The molecule has 1 aliphatic rings. The Morgan fingerprint density at radius 1 is 1.22 bits per heavy atom. The van der Waals surface area contributed by atoms with Gasteiger partial charge in [0, 0.05) is 18.8 Å². The number of carboxylic acid groups (broad SMARTS) is 1. The number of carboxylic acids is 1. The van der Waals surface area contributed by atoms with Crippen molar-refractivity contribution in [3.8, 4) is 0 Å². The maximum absolute atomic E-state index is 12.3. The van der Waals surface area contributed by atoms with Gasteiger partial charge in [-0.1, -0.05) is 25.1 Å². The van der Waals surface area contributed by atoms with E-state index in [2.05, 4.69) is 10.6 Å². The number of amides is 3. The molecule has 1 aliphatic heterocycles.